The summed E-state index contributed by atoms with van der Waals surface area (Å²) < 4.78 is 0. The van der Waals surface area contributed by atoms with Crippen LogP contribution < -0.4 is 48.3 Å². The average molecular weight is 1420 g/mol. The van der Waals surface area contributed by atoms with E-state index in [-0.39, 0.29) is 115 Å². The summed E-state index contributed by atoms with van der Waals surface area (Å²) >= 11 is 0.903. The number of carboxylic acids is 4. The molecular formula is C66H92N14O19S. The lowest BCUT2D eigenvalue weighted by molar-refractivity contribution is -0.145. The van der Waals surface area contributed by atoms with Crippen molar-refractivity contribution in [3.05, 3.63) is 102 Å². The number of nitrogens with zero attached hydrogens (tertiary/aromatic N) is 4. The minimum absolute atomic E-state index is 0.0453. The number of H-pyrrole nitrogens is 1. The van der Waals surface area contributed by atoms with E-state index in [0.29, 0.717) is 34.0 Å². The maximum atomic E-state index is 15.3. The molecule has 6 rings (SSSR count). The van der Waals surface area contributed by atoms with E-state index in [9.17, 15) is 78.9 Å². The first-order valence-electron chi connectivity index (χ1n) is 32.9. The minimum Gasteiger partial charge on any atom is -0.508 e. The van der Waals surface area contributed by atoms with Crippen molar-refractivity contribution in [2.24, 2.45) is 5.73 Å². The number of aliphatic carboxylic acids is 4. The molecule has 2 unspecified atom stereocenters. The van der Waals surface area contributed by atoms with Gasteiger partial charge in [0, 0.05) is 94.5 Å². The smallest absolute Gasteiger partial charge is 0.328 e. The second kappa shape index (κ2) is 40.1. The lowest BCUT2D eigenvalue weighted by Gasteiger charge is -2.33. The number of aliphatic hydroxyl groups is 2. The van der Waals surface area contributed by atoms with Crippen LogP contribution in [-0.2, 0) is 76.8 Å². The molecular weight excluding hydrogens is 1320 g/mol. The quantitative estimate of drug-likeness (QED) is 0.0270. The number of aromatic amines is 1. The molecule has 0 saturated carbocycles. The Hall–Kier alpha value is -9.29. The van der Waals surface area contributed by atoms with E-state index in [1.54, 1.807) is 80.4 Å². The molecule has 8 amide bonds. The van der Waals surface area contributed by atoms with E-state index < -0.39 is 157 Å². The van der Waals surface area contributed by atoms with Crippen molar-refractivity contribution < 1.29 is 93.3 Å². The first-order valence-corrected chi connectivity index (χ1v) is 34.0. The van der Waals surface area contributed by atoms with Gasteiger partial charge in [0.05, 0.1) is 38.4 Å². The lowest BCUT2D eigenvalue weighted by atomic mass is 10.0. The third-order valence-electron chi connectivity index (χ3n) is 16.8. The molecule has 33 nitrogen and oxygen atoms in total. The molecule has 2 aliphatic rings. The number of benzene rings is 3. The summed E-state index contributed by atoms with van der Waals surface area (Å²) in [6.07, 6.45) is -2.23. The van der Waals surface area contributed by atoms with Crippen LogP contribution in [0.5, 0.6) is 5.75 Å². The van der Waals surface area contributed by atoms with Crippen molar-refractivity contribution in [2.75, 3.05) is 96.6 Å². The van der Waals surface area contributed by atoms with Gasteiger partial charge in [-0.3, -0.25) is 72.3 Å². The number of amides is 8. The van der Waals surface area contributed by atoms with Gasteiger partial charge in [-0.05, 0) is 86.7 Å². The number of unbranched alkanes of at least 4 members (excludes halogenated alkanes) is 1. The molecule has 0 spiro atoms. The van der Waals surface area contributed by atoms with Crippen LogP contribution in [0, 0.1) is 0 Å². The average Bonchev–Trinajstić information content (AvgIpc) is 1.59. The third-order valence-corrected chi connectivity index (χ3v) is 17.9. The number of carbonyl (C=O) groups is 12. The van der Waals surface area contributed by atoms with Crippen molar-refractivity contribution in [3.63, 3.8) is 0 Å². The van der Waals surface area contributed by atoms with E-state index in [0.717, 1.165) is 18.7 Å². The van der Waals surface area contributed by atoms with E-state index in [4.69, 9.17) is 5.73 Å². The van der Waals surface area contributed by atoms with Gasteiger partial charge >= 0.3 is 23.9 Å². The Labute approximate surface area is 581 Å². The number of phenols is 1. The molecule has 4 aromatic rings. The molecule has 2 aliphatic heterocycles. The number of fused-ring (bicyclic) bond motifs is 1. The van der Waals surface area contributed by atoms with Gasteiger partial charge in [-0.25, -0.2) is 4.79 Å². The number of carboxylic acid groups (broad SMARTS) is 4. The number of nitrogens with one attached hydrogen (secondary N) is 9. The Morgan fingerprint density at radius 1 is 0.600 bits per heavy atom. The van der Waals surface area contributed by atoms with Crippen LogP contribution in [0.25, 0.3) is 10.9 Å². The first-order chi connectivity index (χ1) is 47.7. The number of hydrogen-bond acceptors (Lipinski definition) is 21. The van der Waals surface area contributed by atoms with Crippen molar-refractivity contribution in [2.45, 2.75) is 119 Å². The van der Waals surface area contributed by atoms with Gasteiger partial charge in [0.25, 0.3) is 0 Å². The van der Waals surface area contributed by atoms with Crippen molar-refractivity contribution in [3.8, 4) is 5.75 Å². The maximum absolute atomic E-state index is 15.3. The summed E-state index contributed by atoms with van der Waals surface area (Å²) in [5.74, 6) is -13.6. The number of rotatable bonds is 26. The van der Waals surface area contributed by atoms with Crippen LogP contribution in [0.4, 0.5) is 0 Å². The Morgan fingerprint density at radius 3 is 1.68 bits per heavy atom. The largest absolute Gasteiger partial charge is 0.508 e. The van der Waals surface area contributed by atoms with Gasteiger partial charge in [-0.15, -0.1) is 0 Å². The second-order valence-corrected chi connectivity index (χ2v) is 25.9. The topological polar surface area (TPSA) is 497 Å². The molecule has 2 fully saturated rings. The van der Waals surface area contributed by atoms with Crippen LogP contribution >= 0.6 is 11.8 Å². The molecule has 1 aromatic heterocycles. The molecule has 3 aromatic carbocycles. The summed E-state index contributed by atoms with van der Waals surface area (Å²) in [4.78, 5) is 176. The van der Waals surface area contributed by atoms with Crippen LogP contribution in [-0.4, -0.2) is 289 Å². The second-order valence-electron chi connectivity index (χ2n) is 24.8. The monoisotopic (exact) mass is 1420 g/mol. The van der Waals surface area contributed by atoms with Crippen LogP contribution in [0.1, 0.15) is 56.2 Å². The summed E-state index contributed by atoms with van der Waals surface area (Å²) in [6, 6.07) is 8.06. The van der Waals surface area contributed by atoms with Gasteiger partial charge < -0.3 is 89.0 Å². The summed E-state index contributed by atoms with van der Waals surface area (Å²) in [7, 11) is 0. The van der Waals surface area contributed by atoms with Crippen molar-refractivity contribution in [1.29, 1.82) is 0 Å². The first kappa shape index (κ1) is 79.7. The summed E-state index contributed by atoms with van der Waals surface area (Å²) in [5, 5.41) is 92.5. The van der Waals surface area contributed by atoms with Crippen LogP contribution in [0.2, 0.25) is 0 Å². The predicted molar refractivity (Wildman–Crippen MR) is 364 cm³/mol. The molecule has 0 radical (unpaired) electrons. The van der Waals surface area contributed by atoms with Gasteiger partial charge in [0.2, 0.25) is 47.3 Å². The Balaban J connectivity index is 1.41. The van der Waals surface area contributed by atoms with Gasteiger partial charge in [-0.2, -0.15) is 11.8 Å². The molecule has 10 atom stereocenters. The number of thioether (sulfide) groups is 1. The molecule has 100 heavy (non-hydrogen) atoms. The molecule has 18 N–H and O–H groups in total. The fourth-order valence-corrected chi connectivity index (χ4v) is 12.4. The Morgan fingerprint density at radius 2 is 1.13 bits per heavy atom. The Kier molecular flexibility index (Phi) is 31.9. The number of carbonyl (C=O) groups excluding carboxylic acids is 8. The standard InChI is InChI=1S/C66H92N14O19S/c1-39(81)57-65(97)74-52(64(96)76-58(40(2)82)66(98)99)38-100-29-19-48(71-61(93)49(30-41-10-4-3-5-11-41)69-53(84)34-77-21-23-78(35-54(85)86)25-27-80(37-56(89)90)28-26-79(24-22-77)36-55(87)88)59(91)72-50(31-42-15-17-44(83)18-16-42)62(94)73-51(32-43-33-68-46-13-7-6-12-45(43)46)63(95)70-47(60(92)75-57)14-8-9-20-67/h3-7,10-13,15-18,33,39-40,47-52,57-58,68,81-83H,8-9,14,19-32,34-38,67H2,1-2H3,(H,69,84)(H,70,95)(H,71,93)(H,72,91)(H,73,94)(H,74,97)(H,75,92)(H,76,96)(H,85,86)(H,87,88)(H,89,90)(H,98,99)/t39-,40-,47+,48+,49-,50+,51-,52+,57?,58?/m1/s1. The van der Waals surface area contributed by atoms with E-state index in [1.807, 2.05) is 0 Å². The molecule has 0 bridgehead atoms. The van der Waals surface area contributed by atoms with Crippen LogP contribution in [0.3, 0.4) is 0 Å². The van der Waals surface area contributed by atoms with Crippen molar-refractivity contribution >= 4 is 93.8 Å². The SMILES string of the molecule is C[C@@H](O)C(NC(=O)[C@@H]1CSCC[C@H](NC(=O)[C@@H](Cc2ccccc2)NC(=O)CN2CCN(CC(=O)O)CCN(CC(=O)O)CCN(CC(=O)O)CC2)C(=O)N[C@@H](Cc2ccc(O)cc2)C(=O)N[C@H](Cc2c[nH]c3ccccc23)C(=O)N[C@@H](CCCCN)C(=O)NC([C@@H](C)O)C(=O)N1)C(=O)O. The normalized spacial score (nSPS) is 21.9. The van der Waals surface area contributed by atoms with E-state index in [1.165, 1.54) is 31.2 Å². The highest BCUT2D eigenvalue weighted by Crippen LogP contribution is 2.21. The molecule has 34 heteroatoms. The lowest BCUT2D eigenvalue weighted by Crippen LogP contribution is -2.62. The number of para-hydroxylation sites is 1. The number of hydrogen-bond donors (Lipinski definition) is 17. The summed E-state index contributed by atoms with van der Waals surface area (Å²) in [5.41, 5.74) is 7.98. The fraction of sp³-hybridized carbons (Fsp3) is 0.515. The molecule has 0 aliphatic carbocycles. The zero-order valence-corrected chi connectivity index (χ0v) is 56.5. The number of phenolic OH excluding ortho intramolecular Hbond substituents is 1. The highest BCUT2D eigenvalue weighted by molar-refractivity contribution is 7.99. The highest BCUT2D eigenvalue weighted by atomic mass is 32.2. The minimum atomic E-state index is -1.90. The zero-order valence-electron chi connectivity index (χ0n) is 55.7. The molecule has 2 saturated heterocycles. The number of aromatic nitrogens is 1. The maximum Gasteiger partial charge on any atom is 0.328 e. The number of aliphatic hydroxyl groups excluding tert-OH is 2. The number of aromatic hydroxyl groups is 1. The van der Waals surface area contributed by atoms with Gasteiger partial charge in [0.15, 0.2) is 6.04 Å². The highest BCUT2D eigenvalue weighted by Gasteiger charge is 2.38. The summed E-state index contributed by atoms with van der Waals surface area (Å²) in [6.45, 7) is 1.42. The van der Waals surface area contributed by atoms with E-state index in [2.05, 4.69) is 47.5 Å². The number of nitrogens with two attached hydrogens (primary N) is 1. The van der Waals surface area contributed by atoms with E-state index >= 15 is 14.4 Å². The van der Waals surface area contributed by atoms with Crippen molar-refractivity contribution in [1.82, 2.24) is 67.1 Å². The predicted octanol–water partition coefficient (Wildman–Crippen LogP) is -3.63. The Bertz CT molecular complexity index is 3410. The van der Waals surface area contributed by atoms with Gasteiger partial charge in [0.1, 0.15) is 48.0 Å². The third kappa shape index (κ3) is 26.4. The molecule has 546 valence electrons. The molecule has 3 heterocycles. The van der Waals surface area contributed by atoms with Crippen LogP contribution in [0.15, 0.2) is 85.1 Å². The fourth-order valence-electron chi connectivity index (χ4n) is 11.4. The zero-order chi connectivity index (χ0) is 73.0. The van der Waals surface area contributed by atoms with Gasteiger partial charge in [-0.1, -0.05) is 60.7 Å².